The molecule has 0 saturated carbocycles. The summed E-state index contributed by atoms with van der Waals surface area (Å²) in [6.07, 6.45) is 2.40. The van der Waals surface area contributed by atoms with Crippen molar-refractivity contribution in [2.24, 2.45) is 5.41 Å². The molecule has 0 bridgehead atoms. The number of ether oxygens (including phenoxy) is 1. The van der Waals surface area contributed by atoms with E-state index in [-0.39, 0.29) is 11.8 Å². The molecule has 1 aliphatic rings. The van der Waals surface area contributed by atoms with Crippen LogP contribution in [-0.4, -0.2) is 18.0 Å². The van der Waals surface area contributed by atoms with E-state index in [0.717, 1.165) is 5.75 Å². The first-order chi connectivity index (χ1) is 12.1. The number of nitrogens with one attached hydrogen (secondary N) is 1. The van der Waals surface area contributed by atoms with Gasteiger partial charge in [0.1, 0.15) is 5.75 Å². The van der Waals surface area contributed by atoms with E-state index in [4.69, 9.17) is 4.74 Å². The van der Waals surface area contributed by atoms with Gasteiger partial charge >= 0.3 is 0 Å². The Morgan fingerprint density at radius 2 is 2.24 bits per heavy atom. The summed E-state index contributed by atoms with van der Waals surface area (Å²) in [4.78, 5) is 17.4. The maximum Gasteiger partial charge on any atom is 0.233 e. The third kappa shape index (κ3) is 2.75. The lowest BCUT2D eigenvalue weighted by atomic mass is 9.74. The Hall–Kier alpha value is -2.18. The molecule has 1 aromatic carbocycles. The molecule has 1 N–H and O–H groups in total. The molecular weight excluding hydrogens is 352 g/mol. The van der Waals surface area contributed by atoms with Gasteiger partial charge < -0.3 is 10.1 Å². The van der Waals surface area contributed by atoms with E-state index < -0.39 is 5.41 Å². The number of thiazole rings is 1. The number of thiophene rings is 1. The highest BCUT2D eigenvalue weighted by molar-refractivity contribution is 7.13. The third-order valence-corrected chi connectivity index (χ3v) is 6.30. The Morgan fingerprint density at radius 3 is 2.92 bits per heavy atom. The summed E-state index contributed by atoms with van der Waals surface area (Å²) in [7, 11) is 1.67. The number of hydrogen-bond donors (Lipinski definition) is 1. The molecule has 0 fully saturated rings. The lowest BCUT2D eigenvalue weighted by Gasteiger charge is -2.30. The fourth-order valence-corrected chi connectivity index (χ4v) is 4.90. The molecule has 128 valence electrons. The van der Waals surface area contributed by atoms with E-state index in [1.807, 2.05) is 18.4 Å². The van der Waals surface area contributed by atoms with Gasteiger partial charge in [0, 0.05) is 17.5 Å². The second kappa shape index (κ2) is 6.28. The van der Waals surface area contributed by atoms with E-state index >= 15 is 0 Å². The Labute approximate surface area is 154 Å². The van der Waals surface area contributed by atoms with Crippen LogP contribution in [0.3, 0.4) is 0 Å². The molecule has 0 saturated heterocycles. The predicted molar refractivity (Wildman–Crippen MR) is 102 cm³/mol. The van der Waals surface area contributed by atoms with Crippen molar-refractivity contribution in [3.05, 3.63) is 63.3 Å². The van der Waals surface area contributed by atoms with Gasteiger partial charge in [-0.1, -0.05) is 6.07 Å². The number of amides is 1. The van der Waals surface area contributed by atoms with Crippen LogP contribution in [0.15, 0.2) is 46.6 Å². The maximum absolute atomic E-state index is 13.2. The number of hydrogen-bond acceptors (Lipinski definition) is 5. The molecule has 2 aromatic heterocycles. The third-order valence-electron chi connectivity index (χ3n) is 4.91. The number of carbonyl (C=O) groups is 1. The molecule has 25 heavy (non-hydrogen) atoms. The minimum Gasteiger partial charge on any atom is -0.497 e. The van der Waals surface area contributed by atoms with Gasteiger partial charge in [-0.25, -0.2) is 4.98 Å². The molecular formula is C19H18N2O2S2. The number of benzene rings is 1. The predicted octanol–water partition coefficient (Wildman–Crippen LogP) is 4.55. The van der Waals surface area contributed by atoms with Gasteiger partial charge in [0.05, 0.1) is 12.5 Å². The van der Waals surface area contributed by atoms with Gasteiger partial charge in [-0.2, -0.15) is 11.3 Å². The molecule has 0 radical (unpaired) electrons. The Morgan fingerprint density at radius 1 is 1.36 bits per heavy atom. The summed E-state index contributed by atoms with van der Waals surface area (Å²) in [5.41, 5.74) is 2.98. The van der Waals surface area contributed by atoms with Crippen molar-refractivity contribution < 1.29 is 9.53 Å². The standard InChI is InChI=1S/C19H18N2O2S2/c1-19(17(22)21-18-20-6-8-25-18)10-12-3-4-14(23-2)9-15(12)16(19)13-5-7-24-11-13/h3-9,11,16H,10H2,1-2H3,(H,20,21,22)/t16-,19-/m0/s1. The molecule has 2 atom stereocenters. The van der Waals surface area contributed by atoms with Crippen molar-refractivity contribution in [1.29, 1.82) is 0 Å². The maximum atomic E-state index is 13.2. The Kier molecular flexibility index (Phi) is 4.09. The number of nitrogens with zero attached hydrogens (tertiary/aromatic N) is 1. The van der Waals surface area contributed by atoms with Crippen LogP contribution in [0.25, 0.3) is 0 Å². The normalized spacial score (nSPS) is 21.8. The van der Waals surface area contributed by atoms with Crippen LogP contribution < -0.4 is 10.1 Å². The smallest absolute Gasteiger partial charge is 0.233 e. The average molecular weight is 370 g/mol. The summed E-state index contributed by atoms with van der Waals surface area (Å²) < 4.78 is 5.41. The van der Waals surface area contributed by atoms with Gasteiger partial charge in [-0.3, -0.25) is 4.79 Å². The monoisotopic (exact) mass is 370 g/mol. The molecule has 0 unspecified atom stereocenters. The van der Waals surface area contributed by atoms with Crippen LogP contribution in [0.2, 0.25) is 0 Å². The number of carbonyl (C=O) groups excluding carboxylic acids is 1. The minimum atomic E-state index is -0.568. The summed E-state index contributed by atoms with van der Waals surface area (Å²) in [5, 5.41) is 9.70. The zero-order chi connectivity index (χ0) is 17.4. The number of fused-ring (bicyclic) bond motifs is 1. The quantitative estimate of drug-likeness (QED) is 0.733. The number of anilines is 1. The summed E-state index contributed by atoms with van der Waals surface area (Å²) in [6, 6.07) is 8.22. The van der Waals surface area contributed by atoms with E-state index in [1.165, 1.54) is 28.0 Å². The van der Waals surface area contributed by atoms with Crippen LogP contribution in [0.5, 0.6) is 5.75 Å². The fourth-order valence-electron chi connectivity index (χ4n) is 3.69. The molecule has 1 amide bonds. The van der Waals surface area contributed by atoms with Gasteiger partial charge in [0.15, 0.2) is 5.13 Å². The van der Waals surface area contributed by atoms with Crippen LogP contribution >= 0.6 is 22.7 Å². The fraction of sp³-hybridized carbons (Fsp3) is 0.263. The van der Waals surface area contributed by atoms with Crippen molar-refractivity contribution >= 4 is 33.7 Å². The van der Waals surface area contributed by atoms with Gasteiger partial charge in [-0.05, 0) is 59.0 Å². The van der Waals surface area contributed by atoms with Crippen molar-refractivity contribution in [2.45, 2.75) is 19.3 Å². The molecule has 0 aliphatic heterocycles. The van der Waals surface area contributed by atoms with Gasteiger partial charge in [-0.15, -0.1) is 11.3 Å². The molecule has 4 rings (SSSR count). The first-order valence-electron chi connectivity index (χ1n) is 8.01. The molecule has 6 heteroatoms. The first kappa shape index (κ1) is 16.3. The first-order valence-corrected chi connectivity index (χ1v) is 9.84. The zero-order valence-electron chi connectivity index (χ0n) is 14.0. The van der Waals surface area contributed by atoms with Crippen LogP contribution in [-0.2, 0) is 11.2 Å². The number of aromatic nitrogens is 1. The summed E-state index contributed by atoms with van der Waals surface area (Å²) in [5.74, 6) is 0.834. The van der Waals surface area contributed by atoms with Crippen LogP contribution in [0.4, 0.5) is 5.13 Å². The van der Waals surface area contributed by atoms with Crippen molar-refractivity contribution in [1.82, 2.24) is 4.98 Å². The van der Waals surface area contributed by atoms with Gasteiger partial charge in [0.2, 0.25) is 5.91 Å². The second-order valence-electron chi connectivity index (χ2n) is 6.44. The molecule has 2 heterocycles. The van der Waals surface area contributed by atoms with Crippen LogP contribution in [0.1, 0.15) is 29.5 Å². The lowest BCUT2D eigenvalue weighted by Crippen LogP contribution is -2.37. The number of methoxy groups -OCH3 is 1. The molecule has 4 nitrogen and oxygen atoms in total. The lowest BCUT2D eigenvalue weighted by molar-refractivity contribution is -0.125. The van der Waals surface area contributed by atoms with Crippen LogP contribution in [0, 0.1) is 5.41 Å². The Bertz CT molecular complexity index is 890. The largest absolute Gasteiger partial charge is 0.497 e. The molecule has 0 spiro atoms. The number of rotatable bonds is 4. The highest BCUT2D eigenvalue weighted by Gasteiger charge is 2.49. The average Bonchev–Trinajstić information content (AvgIpc) is 3.33. The topological polar surface area (TPSA) is 51.2 Å². The summed E-state index contributed by atoms with van der Waals surface area (Å²) in [6.45, 7) is 2.05. The highest BCUT2D eigenvalue weighted by Crippen LogP contribution is 2.52. The van der Waals surface area contributed by atoms with Crippen molar-refractivity contribution in [2.75, 3.05) is 12.4 Å². The highest BCUT2D eigenvalue weighted by atomic mass is 32.1. The van der Waals surface area contributed by atoms with E-state index in [2.05, 4.69) is 39.3 Å². The second-order valence-corrected chi connectivity index (χ2v) is 8.11. The van der Waals surface area contributed by atoms with E-state index in [9.17, 15) is 4.79 Å². The van der Waals surface area contributed by atoms with E-state index in [1.54, 1.807) is 24.6 Å². The SMILES string of the molecule is COc1ccc2c(c1)[C@H](c1ccsc1)[C@@](C)(C(=O)Nc1nccs1)C2. The van der Waals surface area contributed by atoms with Gasteiger partial charge in [0.25, 0.3) is 0 Å². The Balaban J connectivity index is 1.77. The summed E-state index contributed by atoms with van der Waals surface area (Å²) >= 11 is 3.09. The molecule has 3 aromatic rings. The minimum absolute atomic E-state index is 0.00353. The zero-order valence-corrected chi connectivity index (χ0v) is 15.6. The van der Waals surface area contributed by atoms with Crippen molar-refractivity contribution in [3.63, 3.8) is 0 Å². The van der Waals surface area contributed by atoms with Crippen molar-refractivity contribution in [3.8, 4) is 5.75 Å². The van der Waals surface area contributed by atoms with E-state index in [0.29, 0.717) is 11.6 Å². The molecule has 1 aliphatic carbocycles.